The first-order valence-electron chi connectivity index (χ1n) is 6.02. The molecule has 0 aromatic heterocycles. The number of nitrogens with one attached hydrogen (secondary N) is 1. The Morgan fingerprint density at radius 2 is 1.62 bits per heavy atom. The lowest BCUT2D eigenvalue weighted by Crippen LogP contribution is -2.16. The predicted octanol–water partition coefficient (Wildman–Crippen LogP) is 4.52. The summed E-state index contributed by atoms with van der Waals surface area (Å²) in [6, 6.07) is 5.15. The Kier molecular flexibility index (Phi) is 5.04. The van der Waals surface area contributed by atoms with Crippen LogP contribution in [0.2, 0.25) is 0 Å². The van der Waals surface area contributed by atoms with Crippen LogP contribution in [0, 0.1) is 17.5 Å². The number of hydrogen-bond acceptors (Lipinski definition) is 3. The molecule has 2 rings (SSSR count). The highest BCUT2D eigenvalue weighted by Crippen LogP contribution is 2.37. The fourth-order valence-corrected chi connectivity index (χ4v) is 3.40. The summed E-state index contributed by atoms with van der Waals surface area (Å²) in [5.41, 5.74) is -4.88. The number of hydrogen-bond donors (Lipinski definition) is 1. The van der Waals surface area contributed by atoms with E-state index in [1.807, 2.05) is 4.72 Å². The monoisotopic (exact) mass is 387 g/mol. The number of anilines is 1. The molecule has 0 unspecified atom stereocenters. The minimum atomic E-state index is -4.67. The Labute approximate surface area is 136 Å². The Morgan fingerprint density at radius 3 is 2.25 bits per heavy atom. The van der Waals surface area contributed by atoms with Crippen LogP contribution in [0.25, 0.3) is 0 Å². The van der Waals surface area contributed by atoms with E-state index in [1.165, 1.54) is 0 Å². The van der Waals surface area contributed by atoms with E-state index in [2.05, 4.69) is 0 Å². The van der Waals surface area contributed by atoms with E-state index in [9.17, 15) is 34.8 Å². The Hall–Kier alpha value is -1.88. The van der Waals surface area contributed by atoms with Gasteiger partial charge < -0.3 is 0 Å². The number of sulfonamides is 1. The smallest absolute Gasteiger partial charge is 0.280 e. The van der Waals surface area contributed by atoms with Crippen molar-refractivity contribution >= 4 is 27.5 Å². The van der Waals surface area contributed by atoms with Crippen molar-refractivity contribution in [2.45, 2.75) is 15.3 Å². The van der Waals surface area contributed by atoms with Crippen molar-refractivity contribution < 1.29 is 34.8 Å². The third kappa shape index (κ3) is 4.35. The molecule has 0 aliphatic rings. The summed E-state index contributed by atoms with van der Waals surface area (Å²) < 4.78 is 102. The van der Waals surface area contributed by atoms with Crippen LogP contribution in [0.5, 0.6) is 0 Å². The first-order valence-corrected chi connectivity index (χ1v) is 8.32. The van der Waals surface area contributed by atoms with Gasteiger partial charge in [0.05, 0.1) is 0 Å². The van der Waals surface area contributed by atoms with E-state index in [4.69, 9.17) is 0 Å². The van der Waals surface area contributed by atoms with Gasteiger partial charge in [-0.2, -0.15) is 13.2 Å². The number of thioether (sulfide) groups is 1. The molecule has 2 aromatic rings. The zero-order valence-electron chi connectivity index (χ0n) is 11.4. The zero-order valence-corrected chi connectivity index (χ0v) is 13.0. The van der Waals surface area contributed by atoms with Gasteiger partial charge in [-0.3, -0.25) is 4.72 Å². The Balaban J connectivity index is 2.34. The first-order chi connectivity index (χ1) is 11.0. The number of benzene rings is 2. The molecule has 0 bridgehead atoms. The molecule has 0 aliphatic heterocycles. The molecule has 0 fully saturated rings. The van der Waals surface area contributed by atoms with Crippen LogP contribution in [-0.4, -0.2) is 13.9 Å². The van der Waals surface area contributed by atoms with Gasteiger partial charge in [-0.25, -0.2) is 21.6 Å². The lowest BCUT2D eigenvalue weighted by Gasteiger charge is -2.11. The van der Waals surface area contributed by atoms with Gasteiger partial charge in [0, 0.05) is 10.6 Å². The topological polar surface area (TPSA) is 46.2 Å². The maximum absolute atomic E-state index is 13.6. The second-order valence-electron chi connectivity index (χ2n) is 4.35. The summed E-state index contributed by atoms with van der Waals surface area (Å²) >= 11 is -0.474. The van der Waals surface area contributed by atoms with Crippen LogP contribution >= 0.6 is 11.8 Å². The van der Waals surface area contributed by atoms with Gasteiger partial charge in [-0.15, -0.1) is 0 Å². The molecule has 0 aliphatic carbocycles. The van der Waals surface area contributed by atoms with Gasteiger partial charge in [0.1, 0.15) is 4.90 Å². The van der Waals surface area contributed by atoms with Crippen molar-refractivity contribution in [3.8, 4) is 0 Å². The quantitative estimate of drug-likeness (QED) is 0.477. The maximum atomic E-state index is 13.6. The molecule has 0 radical (unpaired) electrons. The van der Waals surface area contributed by atoms with E-state index >= 15 is 0 Å². The molecule has 1 N–H and O–H groups in total. The summed E-state index contributed by atoms with van der Waals surface area (Å²) in [4.78, 5) is -1.48. The van der Waals surface area contributed by atoms with Gasteiger partial charge >= 0.3 is 5.51 Å². The summed E-state index contributed by atoms with van der Waals surface area (Å²) in [6.07, 6.45) is 0. The van der Waals surface area contributed by atoms with Gasteiger partial charge in [-0.05, 0) is 42.1 Å². The highest BCUT2D eigenvalue weighted by Gasteiger charge is 2.29. The van der Waals surface area contributed by atoms with Crippen LogP contribution in [0.15, 0.2) is 46.2 Å². The van der Waals surface area contributed by atoms with Crippen LogP contribution in [-0.2, 0) is 10.0 Å². The molecule has 11 heteroatoms. The minimum absolute atomic E-state index is 0.298. The average molecular weight is 387 g/mol. The van der Waals surface area contributed by atoms with Crippen molar-refractivity contribution in [2.24, 2.45) is 0 Å². The molecular formula is C13H7F6NO2S2. The number of rotatable bonds is 4. The highest BCUT2D eigenvalue weighted by atomic mass is 32.2. The highest BCUT2D eigenvalue weighted by molar-refractivity contribution is 8.00. The van der Waals surface area contributed by atoms with Crippen LogP contribution < -0.4 is 4.72 Å². The summed E-state index contributed by atoms with van der Waals surface area (Å²) in [7, 11) is -4.67. The van der Waals surface area contributed by atoms with Crippen LogP contribution in [0.3, 0.4) is 0 Å². The van der Waals surface area contributed by atoms with Crippen molar-refractivity contribution in [2.75, 3.05) is 4.72 Å². The molecule has 0 saturated heterocycles. The van der Waals surface area contributed by atoms with E-state index in [0.29, 0.717) is 12.1 Å². The molecular weight excluding hydrogens is 380 g/mol. The SMILES string of the molecule is O=S(=O)(Nc1cccc(SC(F)(F)F)c1)c1ccc(F)c(F)c1F. The Bertz CT molecular complexity index is 867. The van der Waals surface area contributed by atoms with Crippen LogP contribution in [0.4, 0.5) is 32.0 Å². The fourth-order valence-electron chi connectivity index (χ4n) is 1.68. The molecule has 2 aromatic carbocycles. The van der Waals surface area contributed by atoms with E-state index in [1.54, 1.807) is 0 Å². The lowest BCUT2D eigenvalue weighted by molar-refractivity contribution is -0.0328. The van der Waals surface area contributed by atoms with Crippen molar-refractivity contribution in [3.63, 3.8) is 0 Å². The molecule has 0 spiro atoms. The third-order valence-electron chi connectivity index (χ3n) is 2.61. The molecule has 0 amide bonds. The third-order valence-corrected chi connectivity index (χ3v) is 4.73. The van der Waals surface area contributed by atoms with E-state index in [0.717, 1.165) is 24.3 Å². The maximum Gasteiger partial charge on any atom is 0.446 e. The normalized spacial score (nSPS) is 12.2. The van der Waals surface area contributed by atoms with Crippen molar-refractivity contribution in [3.05, 3.63) is 53.8 Å². The largest absolute Gasteiger partial charge is 0.446 e. The summed E-state index contributed by atoms with van der Waals surface area (Å²) in [5, 5.41) is 0. The molecule has 24 heavy (non-hydrogen) atoms. The van der Waals surface area contributed by atoms with E-state index in [-0.39, 0.29) is 10.6 Å². The second-order valence-corrected chi connectivity index (χ2v) is 7.14. The molecule has 3 nitrogen and oxygen atoms in total. The first kappa shape index (κ1) is 18.5. The fraction of sp³-hybridized carbons (Fsp3) is 0.0769. The number of alkyl halides is 3. The van der Waals surface area contributed by atoms with E-state index < -0.39 is 49.6 Å². The van der Waals surface area contributed by atoms with Crippen molar-refractivity contribution in [1.82, 2.24) is 0 Å². The summed E-state index contributed by atoms with van der Waals surface area (Å²) in [5.74, 6) is -5.47. The molecule has 130 valence electrons. The average Bonchev–Trinajstić information content (AvgIpc) is 2.42. The standard InChI is InChI=1S/C13H7F6NO2S2/c14-9-4-5-10(12(16)11(9)15)24(21,22)20-7-2-1-3-8(6-7)23-13(17,18)19/h1-6,20H. The zero-order chi connectivity index (χ0) is 18.1. The van der Waals surface area contributed by atoms with Crippen LogP contribution in [0.1, 0.15) is 0 Å². The molecule has 0 saturated carbocycles. The predicted molar refractivity (Wildman–Crippen MR) is 75.5 cm³/mol. The van der Waals surface area contributed by atoms with Crippen molar-refractivity contribution in [1.29, 1.82) is 0 Å². The van der Waals surface area contributed by atoms with Gasteiger partial charge in [0.25, 0.3) is 10.0 Å². The van der Waals surface area contributed by atoms with Gasteiger partial charge in [0.2, 0.25) is 0 Å². The minimum Gasteiger partial charge on any atom is -0.280 e. The number of halogens is 6. The lowest BCUT2D eigenvalue weighted by atomic mass is 10.3. The Morgan fingerprint density at radius 1 is 0.958 bits per heavy atom. The van der Waals surface area contributed by atoms with Gasteiger partial charge in [-0.1, -0.05) is 6.07 Å². The second kappa shape index (κ2) is 6.55. The summed E-state index contributed by atoms with van der Waals surface area (Å²) in [6.45, 7) is 0. The molecule has 0 atom stereocenters. The van der Waals surface area contributed by atoms with Gasteiger partial charge in [0.15, 0.2) is 17.5 Å². The molecule has 0 heterocycles.